The highest BCUT2D eigenvalue weighted by molar-refractivity contribution is 6.37. The third-order valence-corrected chi connectivity index (χ3v) is 1.80. The van der Waals surface area contributed by atoms with Crippen LogP contribution < -0.4 is 0 Å². The Balaban J connectivity index is 2.25. The van der Waals surface area contributed by atoms with Crippen LogP contribution in [0.1, 0.15) is 32.6 Å². The molecule has 0 radical (unpaired) electrons. The van der Waals surface area contributed by atoms with E-state index in [1.54, 1.807) is 6.92 Å². The van der Waals surface area contributed by atoms with Gasteiger partial charge in [-0.05, 0) is 18.8 Å². The second-order valence-corrected chi connectivity index (χ2v) is 2.85. The Morgan fingerprint density at radius 2 is 1.90 bits per heavy atom. The second kappa shape index (κ2) is 2.95. The van der Waals surface area contributed by atoms with E-state index in [9.17, 15) is 9.59 Å². The van der Waals surface area contributed by atoms with Crippen LogP contribution in [0.15, 0.2) is 0 Å². The van der Waals surface area contributed by atoms with Crippen LogP contribution in [-0.4, -0.2) is 11.6 Å². The van der Waals surface area contributed by atoms with Gasteiger partial charge in [-0.3, -0.25) is 9.59 Å². The van der Waals surface area contributed by atoms with Crippen molar-refractivity contribution in [1.82, 2.24) is 0 Å². The maximum atomic E-state index is 10.9. The lowest BCUT2D eigenvalue weighted by atomic mass is 10.1. The largest absolute Gasteiger partial charge is 0.291 e. The Kier molecular flexibility index (Phi) is 2.20. The first-order valence-corrected chi connectivity index (χ1v) is 3.80. The van der Waals surface area contributed by atoms with Crippen molar-refractivity contribution in [2.75, 3.05) is 0 Å². The zero-order valence-electron chi connectivity index (χ0n) is 6.22. The molecule has 2 heteroatoms. The van der Waals surface area contributed by atoms with Crippen LogP contribution in [-0.2, 0) is 9.59 Å². The monoisotopic (exact) mass is 140 g/mol. The molecule has 0 aromatic rings. The lowest BCUT2D eigenvalue weighted by molar-refractivity contribution is -0.136. The average molecular weight is 140 g/mol. The number of hydrogen-bond donors (Lipinski definition) is 0. The predicted octanol–water partition coefficient (Wildman–Crippen LogP) is 1.33. The zero-order chi connectivity index (χ0) is 7.56. The summed E-state index contributed by atoms with van der Waals surface area (Å²) in [5.41, 5.74) is 0. The average Bonchev–Trinajstić information content (AvgIpc) is 2.70. The molecule has 0 amide bonds. The van der Waals surface area contributed by atoms with E-state index in [-0.39, 0.29) is 11.6 Å². The molecular weight excluding hydrogens is 128 g/mol. The maximum absolute atomic E-state index is 10.9. The molecule has 0 aromatic carbocycles. The summed E-state index contributed by atoms with van der Waals surface area (Å²) in [7, 11) is 0. The fraction of sp³-hybridized carbons (Fsp3) is 0.750. The molecule has 0 heterocycles. The molecule has 1 rings (SSSR count). The maximum Gasteiger partial charge on any atom is 0.198 e. The summed E-state index contributed by atoms with van der Waals surface area (Å²) >= 11 is 0. The topological polar surface area (TPSA) is 34.1 Å². The van der Waals surface area contributed by atoms with Gasteiger partial charge < -0.3 is 0 Å². The van der Waals surface area contributed by atoms with E-state index in [0.29, 0.717) is 18.8 Å². The molecule has 1 aliphatic carbocycles. The van der Waals surface area contributed by atoms with Crippen molar-refractivity contribution in [3.05, 3.63) is 0 Å². The van der Waals surface area contributed by atoms with Crippen molar-refractivity contribution in [3.63, 3.8) is 0 Å². The summed E-state index contributed by atoms with van der Waals surface area (Å²) in [5, 5.41) is 0. The van der Waals surface area contributed by atoms with E-state index >= 15 is 0 Å². The summed E-state index contributed by atoms with van der Waals surface area (Å²) in [6, 6.07) is 0. The summed E-state index contributed by atoms with van der Waals surface area (Å²) < 4.78 is 0. The number of rotatable bonds is 4. The standard InChI is InChI=1S/C8H12O2/c1-2-7(9)8(10)5-6-3-4-6/h6H,2-5H2,1H3. The first-order valence-electron chi connectivity index (χ1n) is 3.80. The zero-order valence-corrected chi connectivity index (χ0v) is 6.22. The van der Waals surface area contributed by atoms with Crippen molar-refractivity contribution in [2.24, 2.45) is 5.92 Å². The van der Waals surface area contributed by atoms with E-state index in [0.717, 1.165) is 12.8 Å². The first-order chi connectivity index (χ1) is 4.74. The fourth-order valence-electron chi connectivity index (χ4n) is 0.895. The third kappa shape index (κ3) is 1.94. The Morgan fingerprint density at radius 3 is 2.30 bits per heavy atom. The quantitative estimate of drug-likeness (QED) is 0.552. The van der Waals surface area contributed by atoms with Crippen molar-refractivity contribution in [3.8, 4) is 0 Å². The van der Waals surface area contributed by atoms with E-state index in [1.165, 1.54) is 0 Å². The summed E-state index contributed by atoms with van der Waals surface area (Å²) in [6.07, 6.45) is 3.16. The smallest absolute Gasteiger partial charge is 0.198 e. The van der Waals surface area contributed by atoms with Gasteiger partial charge in [0.05, 0.1) is 0 Å². The highest BCUT2D eigenvalue weighted by Crippen LogP contribution is 2.32. The van der Waals surface area contributed by atoms with Gasteiger partial charge in [0.1, 0.15) is 0 Å². The molecule has 0 saturated heterocycles. The highest BCUT2D eigenvalue weighted by atomic mass is 16.2. The minimum atomic E-state index is -0.202. The van der Waals surface area contributed by atoms with Crippen LogP contribution in [0.3, 0.4) is 0 Å². The van der Waals surface area contributed by atoms with Gasteiger partial charge in [0.15, 0.2) is 11.6 Å². The molecular formula is C8H12O2. The fourth-order valence-corrected chi connectivity index (χ4v) is 0.895. The molecule has 1 aliphatic rings. The molecule has 0 unspecified atom stereocenters. The molecule has 0 aromatic heterocycles. The van der Waals surface area contributed by atoms with E-state index in [2.05, 4.69) is 0 Å². The normalized spacial score (nSPS) is 16.9. The van der Waals surface area contributed by atoms with Gasteiger partial charge in [-0.2, -0.15) is 0 Å². The van der Waals surface area contributed by atoms with Gasteiger partial charge in [0.25, 0.3) is 0 Å². The molecule has 0 atom stereocenters. The van der Waals surface area contributed by atoms with Crippen LogP contribution in [0.2, 0.25) is 0 Å². The van der Waals surface area contributed by atoms with Crippen LogP contribution in [0.4, 0.5) is 0 Å². The van der Waals surface area contributed by atoms with Gasteiger partial charge >= 0.3 is 0 Å². The van der Waals surface area contributed by atoms with Crippen LogP contribution in [0.5, 0.6) is 0 Å². The number of ketones is 2. The molecule has 0 aliphatic heterocycles. The molecule has 1 saturated carbocycles. The van der Waals surface area contributed by atoms with Gasteiger partial charge in [-0.15, -0.1) is 0 Å². The van der Waals surface area contributed by atoms with E-state index in [1.807, 2.05) is 0 Å². The Labute approximate surface area is 60.6 Å². The van der Waals surface area contributed by atoms with Crippen molar-refractivity contribution < 1.29 is 9.59 Å². The Morgan fingerprint density at radius 1 is 1.30 bits per heavy atom. The van der Waals surface area contributed by atoms with E-state index < -0.39 is 0 Å². The molecule has 1 fully saturated rings. The summed E-state index contributed by atoms with van der Waals surface area (Å²) in [5.74, 6) is 0.180. The Bertz CT molecular complexity index is 157. The van der Waals surface area contributed by atoms with Crippen molar-refractivity contribution in [1.29, 1.82) is 0 Å². The minimum Gasteiger partial charge on any atom is -0.291 e. The lowest BCUT2D eigenvalue weighted by Crippen LogP contribution is -2.12. The molecule has 0 spiro atoms. The van der Waals surface area contributed by atoms with Crippen LogP contribution in [0, 0.1) is 5.92 Å². The lowest BCUT2D eigenvalue weighted by Gasteiger charge is -1.92. The van der Waals surface area contributed by atoms with Crippen LogP contribution >= 0.6 is 0 Å². The molecule has 2 nitrogen and oxygen atoms in total. The summed E-state index contributed by atoms with van der Waals surface area (Å²) in [6.45, 7) is 1.73. The van der Waals surface area contributed by atoms with Crippen LogP contribution in [0.25, 0.3) is 0 Å². The van der Waals surface area contributed by atoms with E-state index in [4.69, 9.17) is 0 Å². The van der Waals surface area contributed by atoms with Gasteiger partial charge in [-0.25, -0.2) is 0 Å². The van der Waals surface area contributed by atoms with Gasteiger partial charge in [-0.1, -0.05) is 6.92 Å². The number of carbonyl (C=O) groups is 2. The number of Topliss-reactive ketones (excluding diaryl/α,β-unsaturated/α-hetero) is 2. The van der Waals surface area contributed by atoms with Crippen molar-refractivity contribution >= 4 is 11.6 Å². The molecule has 56 valence electrons. The first kappa shape index (κ1) is 7.45. The number of hydrogen-bond acceptors (Lipinski definition) is 2. The van der Waals surface area contributed by atoms with Gasteiger partial charge in [0, 0.05) is 12.8 Å². The Hall–Kier alpha value is -0.660. The minimum absolute atomic E-state index is 0.162. The number of carbonyl (C=O) groups excluding carboxylic acids is 2. The summed E-state index contributed by atoms with van der Waals surface area (Å²) in [4.78, 5) is 21.6. The van der Waals surface area contributed by atoms with Gasteiger partial charge in [0.2, 0.25) is 0 Å². The van der Waals surface area contributed by atoms with Crippen molar-refractivity contribution in [2.45, 2.75) is 32.6 Å². The molecule has 10 heavy (non-hydrogen) atoms. The highest BCUT2D eigenvalue weighted by Gasteiger charge is 2.26. The SMILES string of the molecule is CCC(=O)C(=O)CC1CC1. The molecule has 0 bridgehead atoms. The molecule has 0 N–H and O–H groups in total. The third-order valence-electron chi connectivity index (χ3n) is 1.80. The predicted molar refractivity (Wildman–Crippen MR) is 37.6 cm³/mol. The second-order valence-electron chi connectivity index (χ2n) is 2.85.